The Bertz CT molecular complexity index is 849. The van der Waals surface area contributed by atoms with Gasteiger partial charge in [-0.05, 0) is 92.5 Å². The Hall–Kier alpha value is -2.79. The Morgan fingerprint density at radius 2 is 1.64 bits per heavy atom. The third-order valence-corrected chi connectivity index (χ3v) is 6.10. The van der Waals surface area contributed by atoms with Crippen molar-refractivity contribution in [2.24, 2.45) is 5.92 Å². The maximum Gasteiger partial charge on any atom is 0.343 e. The highest BCUT2D eigenvalue weighted by Crippen LogP contribution is 2.37. The molecule has 1 fully saturated rings. The van der Waals surface area contributed by atoms with Gasteiger partial charge in [0.15, 0.2) is 0 Å². The van der Waals surface area contributed by atoms with E-state index in [1.165, 1.54) is 50.4 Å². The molecular weight excluding hydrogens is 416 g/mol. The first-order valence-electron chi connectivity index (χ1n) is 12.1. The van der Waals surface area contributed by atoms with Crippen molar-refractivity contribution in [2.75, 3.05) is 13.2 Å². The zero-order chi connectivity index (χ0) is 23.3. The fourth-order valence-electron chi connectivity index (χ4n) is 4.30. The largest absolute Gasteiger partial charge is 0.494 e. The Morgan fingerprint density at radius 1 is 0.939 bits per heavy atom. The van der Waals surface area contributed by atoms with Gasteiger partial charge in [0.25, 0.3) is 0 Å². The number of allylic oxidation sites excluding steroid dienone is 1. The van der Waals surface area contributed by atoms with E-state index < -0.39 is 0 Å². The first-order chi connectivity index (χ1) is 16.2. The molecule has 2 aromatic carbocycles. The lowest BCUT2D eigenvalue weighted by Crippen LogP contribution is -2.13. The second kappa shape index (κ2) is 13.7. The van der Waals surface area contributed by atoms with Gasteiger partial charge in [-0.2, -0.15) is 4.89 Å². The van der Waals surface area contributed by atoms with E-state index in [2.05, 4.69) is 19.1 Å². The summed E-state index contributed by atoms with van der Waals surface area (Å²) in [5, 5.41) is 0. The van der Waals surface area contributed by atoms with Crippen molar-refractivity contribution < 1.29 is 24.0 Å². The molecule has 1 aliphatic carbocycles. The number of hydrogen-bond donors (Lipinski definition) is 0. The van der Waals surface area contributed by atoms with Crippen LogP contribution in [0.15, 0.2) is 60.9 Å². The highest BCUT2D eigenvalue weighted by atomic mass is 17.2. The molecule has 0 bridgehead atoms. The van der Waals surface area contributed by atoms with Crippen LogP contribution < -0.4 is 9.47 Å². The Balaban J connectivity index is 1.41. The van der Waals surface area contributed by atoms with Gasteiger partial charge >= 0.3 is 5.97 Å². The minimum absolute atomic E-state index is 0.371. The minimum atomic E-state index is -0.371. The van der Waals surface area contributed by atoms with Crippen molar-refractivity contribution in [1.82, 2.24) is 0 Å². The van der Waals surface area contributed by atoms with Gasteiger partial charge < -0.3 is 14.4 Å². The molecule has 1 aliphatic rings. The van der Waals surface area contributed by atoms with Crippen LogP contribution in [-0.2, 0) is 9.78 Å². The molecule has 0 radical (unpaired) electrons. The van der Waals surface area contributed by atoms with Crippen molar-refractivity contribution in [3.63, 3.8) is 0 Å². The van der Waals surface area contributed by atoms with Gasteiger partial charge in [0.2, 0.25) is 0 Å². The van der Waals surface area contributed by atoms with Crippen molar-refractivity contribution >= 4 is 5.97 Å². The van der Waals surface area contributed by atoms with Gasteiger partial charge in [0.1, 0.15) is 17.8 Å². The quantitative estimate of drug-likeness (QED) is 0.0849. The standard InChI is InChI=1S/C28H36O5/c1-3-6-22-7-9-23(10-8-22)24-11-17-27(18-12-24)33-28(29)25-13-15-26(16-14-25)30-20-5-21-32-31-19-4-2/h4,11-19,22-23H,3,5-10,20-21H2,1-2H3/b19-4-. The van der Waals surface area contributed by atoms with Crippen LogP contribution >= 0.6 is 0 Å². The van der Waals surface area contributed by atoms with E-state index in [9.17, 15) is 4.79 Å². The van der Waals surface area contributed by atoms with Gasteiger partial charge in [-0.25, -0.2) is 4.79 Å². The Morgan fingerprint density at radius 3 is 2.30 bits per heavy atom. The number of ether oxygens (including phenoxy) is 2. The molecule has 0 spiro atoms. The fourth-order valence-corrected chi connectivity index (χ4v) is 4.30. The van der Waals surface area contributed by atoms with E-state index >= 15 is 0 Å². The molecule has 33 heavy (non-hydrogen) atoms. The lowest BCUT2D eigenvalue weighted by atomic mass is 9.77. The second-order valence-corrected chi connectivity index (χ2v) is 8.58. The van der Waals surface area contributed by atoms with Gasteiger partial charge in [0, 0.05) is 6.42 Å². The van der Waals surface area contributed by atoms with Gasteiger partial charge in [0.05, 0.1) is 18.8 Å². The average Bonchev–Trinajstić information content (AvgIpc) is 2.85. The van der Waals surface area contributed by atoms with E-state index in [1.54, 1.807) is 30.3 Å². The van der Waals surface area contributed by atoms with Crippen LogP contribution in [0, 0.1) is 5.92 Å². The van der Waals surface area contributed by atoms with E-state index in [0.717, 1.165) is 5.92 Å². The lowest BCUT2D eigenvalue weighted by Gasteiger charge is -2.28. The molecule has 5 heteroatoms. The molecule has 0 amide bonds. The summed E-state index contributed by atoms with van der Waals surface area (Å²) in [5.41, 5.74) is 1.84. The average molecular weight is 453 g/mol. The summed E-state index contributed by atoms with van der Waals surface area (Å²) in [5.74, 6) is 2.43. The topological polar surface area (TPSA) is 54.0 Å². The molecule has 1 saturated carbocycles. The van der Waals surface area contributed by atoms with Crippen molar-refractivity contribution in [1.29, 1.82) is 0 Å². The number of rotatable bonds is 12. The molecule has 0 unspecified atom stereocenters. The first-order valence-corrected chi connectivity index (χ1v) is 12.1. The zero-order valence-corrected chi connectivity index (χ0v) is 19.8. The SMILES string of the molecule is C/C=C\OOCCCOc1ccc(C(=O)Oc2ccc(C3CCC(CCC)CC3)cc2)cc1. The fraction of sp³-hybridized carbons (Fsp3) is 0.464. The second-order valence-electron chi connectivity index (χ2n) is 8.58. The van der Waals surface area contributed by atoms with Crippen molar-refractivity contribution in [3.8, 4) is 11.5 Å². The highest BCUT2D eigenvalue weighted by molar-refractivity contribution is 5.91. The predicted molar refractivity (Wildman–Crippen MR) is 129 cm³/mol. The molecule has 0 heterocycles. The zero-order valence-electron chi connectivity index (χ0n) is 19.8. The highest BCUT2D eigenvalue weighted by Gasteiger charge is 2.21. The molecule has 0 aromatic heterocycles. The maximum atomic E-state index is 12.5. The molecule has 0 atom stereocenters. The van der Waals surface area contributed by atoms with Gasteiger partial charge in [-0.3, -0.25) is 0 Å². The summed E-state index contributed by atoms with van der Waals surface area (Å²) in [6.45, 7) is 5.06. The van der Waals surface area contributed by atoms with Crippen LogP contribution in [-0.4, -0.2) is 19.2 Å². The van der Waals surface area contributed by atoms with Crippen LogP contribution in [0.1, 0.15) is 80.6 Å². The molecule has 0 aliphatic heterocycles. The van der Waals surface area contributed by atoms with Crippen molar-refractivity contribution in [2.45, 2.75) is 64.7 Å². The summed E-state index contributed by atoms with van der Waals surface area (Å²) in [4.78, 5) is 22.2. The van der Waals surface area contributed by atoms with Crippen LogP contribution in [0.5, 0.6) is 11.5 Å². The lowest BCUT2D eigenvalue weighted by molar-refractivity contribution is -0.249. The number of esters is 1. The number of benzene rings is 2. The molecule has 2 aromatic rings. The monoisotopic (exact) mass is 452 g/mol. The van der Waals surface area contributed by atoms with Gasteiger partial charge in [-0.1, -0.05) is 31.9 Å². The van der Waals surface area contributed by atoms with Crippen molar-refractivity contribution in [3.05, 3.63) is 72.0 Å². The molecule has 3 rings (SSSR count). The summed E-state index contributed by atoms with van der Waals surface area (Å²) in [6, 6.07) is 15.0. The number of carbonyl (C=O) groups is 1. The van der Waals surface area contributed by atoms with Gasteiger partial charge in [-0.15, -0.1) is 0 Å². The van der Waals surface area contributed by atoms with Crippen LogP contribution in [0.4, 0.5) is 0 Å². The Kier molecular flexibility index (Phi) is 10.3. The smallest absolute Gasteiger partial charge is 0.343 e. The van der Waals surface area contributed by atoms with E-state index in [-0.39, 0.29) is 5.97 Å². The van der Waals surface area contributed by atoms with Crippen LogP contribution in [0.3, 0.4) is 0 Å². The predicted octanol–water partition coefficient (Wildman–Crippen LogP) is 7.23. The maximum absolute atomic E-state index is 12.5. The minimum Gasteiger partial charge on any atom is -0.494 e. The van der Waals surface area contributed by atoms with E-state index in [4.69, 9.17) is 19.2 Å². The molecular formula is C28H36O5. The first kappa shape index (κ1) is 24.8. The molecule has 178 valence electrons. The van der Waals surface area contributed by atoms with E-state index in [1.807, 2.05) is 19.1 Å². The summed E-state index contributed by atoms with van der Waals surface area (Å²) in [7, 11) is 0. The molecule has 5 nitrogen and oxygen atoms in total. The van der Waals surface area contributed by atoms with Crippen LogP contribution in [0.25, 0.3) is 0 Å². The summed E-state index contributed by atoms with van der Waals surface area (Å²) < 4.78 is 11.2. The normalized spacial score (nSPS) is 18.2. The van der Waals surface area contributed by atoms with E-state index in [0.29, 0.717) is 42.6 Å². The third kappa shape index (κ3) is 8.25. The van der Waals surface area contributed by atoms with Crippen LogP contribution in [0.2, 0.25) is 0 Å². The molecule has 0 N–H and O–H groups in total. The summed E-state index contributed by atoms with van der Waals surface area (Å²) in [6.07, 6.45) is 11.7. The number of hydrogen-bond acceptors (Lipinski definition) is 5. The Labute approximate surface area is 197 Å². The third-order valence-electron chi connectivity index (χ3n) is 6.10. The number of carbonyl (C=O) groups excluding carboxylic acids is 1. The summed E-state index contributed by atoms with van der Waals surface area (Å²) >= 11 is 0. The molecule has 0 saturated heterocycles.